The third-order valence-electron chi connectivity index (χ3n) is 3.47. The highest BCUT2D eigenvalue weighted by molar-refractivity contribution is 9.10. The number of nitro benzene ring substituents is 1. The van der Waals surface area contributed by atoms with E-state index in [4.69, 9.17) is 0 Å². The highest BCUT2D eigenvalue weighted by Gasteiger charge is 2.13. The van der Waals surface area contributed by atoms with Crippen LogP contribution in [-0.2, 0) is 6.54 Å². The topological polar surface area (TPSA) is 55.2 Å². The first-order valence-corrected chi connectivity index (χ1v) is 7.50. The van der Waals surface area contributed by atoms with Gasteiger partial charge in [-0.05, 0) is 52.5 Å². The molecule has 0 aliphatic rings. The molecule has 0 unspecified atom stereocenters. The fourth-order valence-corrected chi connectivity index (χ4v) is 2.65. The van der Waals surface area contributed by atoms with Crippen molar-refractivity contribution in [2.45, 2.75) is 26.4 Å². The molecule has 0 saturated carbocycles. The van der Waals surface area contributed by atoms with Gasteiger partial charge in [-0.2, -0.15) is 0 Å². The highest BCUT2D eigenvalue weighted by Crippen LogP contribution is 2.26. The maximum Gasteiger partial charge on any atom is 0.283 e. The van der Waals surface area contributed by atoms with E-state index < -0.39 is 0 Å². The van der Waals surface area contributed by atoms with Crippen LogP contribution in [0.2, 0.25) is 0 Å². The van der Waals surface area contributed by atoms with Crippen LogP contribution in [0, 0.1) is 17.0 Å². The van der Waals surface area contributed by atoms with E-state index in [1.807, 2.05) is 18.2 Å². The number of nitrogens with one attached hydrogen (secondary N) is 1. The van der Waals surface area contributed by atoms with Gasteiger partial charge in [-0.25, -0.2) is 0 Å². The molecule has 21 heavy (non-hydrogen) atoms. The van der Waals surface area contributed by atoms with Crippen LogP contribution in [0.3, 0.4) is 0 Å². The molecule has 1 N–H and O–H groups in total. The minimum absolute atomic E-state index is 0.0952. The van der Waals surface area contributed by atoms with E-state index in [0.29, 0.717) is 11.0 Å². The Bertz CT molecular complexity index is 658. The Balaban J connectivity index is 2.08. The second-order valence-corrected chi connectivity index (χ2v) is 5.86. The summed E-state index contributed by atoms with van der Waals surface area (Å²) in [6.07, 6.45) is 0. The predicted octanol–water partition coefficient (Wildman–Crippen LogP) is 4.52. The van der Waals surface area contributed by atoms with Crippen LogP contribution >= 0.6 is 15.9 Å². The van der Waals surface area contributed by atoms with Crippen LogP contribution in [0.15, 0.2) is 46.9 Å². The molecule has 1 atom stereocenters. The molecule has 0 aliphatic carbocycles. The van der Waals surface area contributed by atoms with E-state index in [2.05, 4.69) is 47.2 Å². The molecule has 2 aromatic carbocycles. The first-order chi connectivity index (χ1) is 9.99. The molecule has 0 bridgehead atoms. The van der Waals surface area contributed by atoms with Crippen molar-refractivity contribution in [3.05, 3.63) is 73.7 Å². The van der Waals surface area contributed by atoms with Crippen LogP contribution in [-0.4, -0.2) is 4.92 Å². The Labute approximate surface area is 132 Å². The Kier molecular flexibility index (Phi) is 5.09. The second kappa shape index (κ2) is 6.83. The number of nitro groups is 1. The Morgan fingerprint density at radius 1 is 1.29 bits per heavy atom. The Morgan fingerprint density at radius 2 is 2.00 bits per heavy atom. The van der Waals surface area contributed by atoms with Gasteiger partial charge in [-0.15, -0.1) is 0 Å². The summed E-state index contributed by atoms with van der Waals surface area (Å²) in [6, 6.07) is 13.6. The van der Waals surface area contributed by atoms with E-state index in [1.165, 1.54) is 11.1 Å². The molecule has 0 aromatic heterocycles. The van der Waals surface area contributed by atoms with Gasteiger partial charge in [0.1, 0.15) is 0 Å². The van der Waals surface area contributed by atoms with Crippen molar-refractivity contribution in [1.82, 2.24) is 5.32 Å². The molecule has 0 saturated heterocycles. The van der Waals surface area contributed by atoms with Crippen molar-refractivity contribution >= 4 is 21.6 Å². The summed E-state index contributed by atoms with van der Waals surface area (Å²) in [5, 5.41) is 14.3. The number of hydrogen-bond donors (Lipinski definition) is 1. The standard InChI is InChI=1S/C16H17BrN2O2/c1-11-5-3-4-6-14(11)12(2)18-10-13-7-8-15(17)16(9-13)19(20)21/h3-9,12,18H,10H2,1-2H3/t12-/m1/s1. The molecule has 0 fully saturated rings. The second-order valence-electron chi connectivity index (χ2n) is 5.00. The lowest BCUT2D eigenvalue weighted by Crippen LogP contribution is -2.18. The number of halogens is 1. The number of rotatable bonds is 5. The predicted molar refractivity (Wildman–Crippen MR) is 87.2 cm³/mol. The van der Waals surface area contributed by atoms with Gasteiger partial charge in [-0.3, -0.25) is 10.1 Å². The number of hydrogen-bond acceptors (Lipinski definition) is 3. The molecule has 4 nitrogen and oxygen atoms in total. The van der Waals surface area contributed by atoms with E-state index in [1.54, 1.807) is 12.1 Å². The minimum atomic E-state index is -0.377. The molecule has 0 heterocycles. The molecule has 2 rings (SSSR count). The van der Waals surface area contributed by atoms with Gasteiger partial charge in [0.25, 0.3) is 5.69 Å². The van der Waals surface area contributed by atoms with Gasteiger partial charge in [0.05, 0.1) is 9.40 Å². The van der Waals surface area contributed by atoms with Gasteiger partial charge >= 0.3 is 0 Å². The average Bonchev–Trinajstić information content (AvgIpc) is 2.46. The average molecular weight is 349 g/mol. The number of nitrogens with zero attached hydrogens (tertiary/aromatic N) is 1. The fourth-order valence-electron chi connectivity index (χ4n) is 2.26. The van der Waals surface area contributed by atoms with Gasteiger partial charge < -0.3 is 5.32 Å². The molecule has 110 valence electrons. The molecule has 0 spiro atoms. The third kappa shape index (κ3) is 3.89. The molecule has 0 radical (unpaired) electrons. The number of benzene rings is 2. The van der Waals surface area contributed by atoms with Crippen LogP contribution in [0.1, 0.15) is 29.7 Å². The van der Waals surface area contributed by atoms with Crippen molar-refractivity contribution in [3.63, 3.8) is 0 Å². The minimum Gasteiger partial charge on any atom is -0.306 e. The van der Waals surface area contributed by atoms with E-state index in [0.717, 1.165) is 5.56 Å². The summed E-state index contributed by atoms with van der Waals surface area (Å²) in [7, 11) is 0. The molecule has 5 heteroatoms. The van der Waals surface area contributed by atoms with E-state index in [9.17, 15) is 10.1 Å². The van der Waals surface area contributed by atoms with Gasteiger partial charge in [0.2, 0.25) is 0 Å². The Hall–Kier alpha value is -1.72. The summed E-state index contributed by atoms with van der Waals surface area (Å²) in [5.74, 6) is 0. The first kappa shape index (κ1) is 15.7. The van der Waals surface area contributed by atoms with E-state index >= 15 is 0 Å². The molecular formula is C16H17BrN2O2. The maximum atomic E-state index is 10.9. The lowest BCUT2D eigenvalue weighted by Gasteiger charge is -2.16. The zero-order valence-corrected chi connectivity index (χ0v) is 13.6. The van der Waals surface area contributed by atoms with Crippen LogP contribution in [0.4, 0.5) is 5.69 Å². The van der Waals surface area contributed by atoms with Gasteiger partial charge in [0, 0.05) is 18.7 Å². The summed E-state index contributed by atoms with van der Waals surface area (Å²) in [6.45, 7) is 4.76. The number of aryl methyl sites for hydroxylation is 1. The lowest BCUT2D eigenvalue weighted by molar-refractivity contribution is -0.385. The van der Waals surface area contributed by atoms with Crippen molar-refractivity contribution < 1.29 is 4.92 Å². The van der Waals surface area contributed by atoms with Gasteiger partial charge in [0.15, 0.2) is 0 Å². The van der Waals surface area contributed by atoms with Crippen molar-refractivity contribution in [1.29, 1.82) is 0 Å². The highest BCUT2D eigenvalue weighted by atomic mass is 79.9. The monoisotopic (exact) mass is 348 g/mol. The van der Waals surface area contributed by atoms with Crippen LogP contribution < -0.4 is 5.32 Å². The fraction of sp³-hybridized carbons (Fsp3) is 0.250. The molecule has 2 aromatic rings. The van der Waals surface area contributed by atoms with Crippen molar-refractivity contribution in [3.8, 4) is 0 Å². The zero-order chi connectivity index (χ0) is 15.4. The molecule has 0 aliphatic heterocycles. The zero-order valence-electron chi connectivity index (χ0n) is 12.0. The van der Waals surface area contributed by atoms with Crippen LogP contribution in [0.25, 0.3) is 0 Å². The SMILES string of the molecule is Cc1ccccc1[C@@H](C)NCc1ccc(Br)c([N+](=O)[O-])c1. The molecule has 0 amide bonds. The summed E-state index contributed by atoms with van der Waals surface area (Å²) in [4.78, 5) is 10.6. The lowest BCUT2D eigenvalue weighted by atomic mass is 10.0. The maximum absolute atomic E-state index is 10.9. The smallest absolute Gasteiger partial charge is 0.283 e. The van der Waals surface area contributed by atoms with Gasteiger partial charge in [-0.1, -0.05) is 30.3 Å². The van der Waals surface area contributed by atoms with E-state index in [-0.39, 0.29) is 16.7 Å². The summed E-state index contributed by atoms with van der Waals surface area (Å²) < 4.78 is 0.503. The third-order valence-corrected chi connectivity index (χ3v) is 4.15. The van der Waals surface area contributed by atoms with Crippen LogP contribution in [0.5, 0.6) is 0 Å². The summed E-state index contributed by atoms with van der Waals surface area (Å²) >= 11 is 3.20. The van der Waals surface area contributed by atoms with Crippen molar-refractivity contribution in [2.24, 2.45) is 0 Å². The normalized spacial score (nSPS) is 12.1. The first-order valence-electron chi connectivity index (χ1n) is 6.70. The Morgan fingerprint density at radius 3 is 2.67 bits per heavy atom. The molecular weight excluding hydrogens is 332 g/mol. The largest absolute Gasteiger partial charge is 0.306 e. The quantitative estimate of drug-likeness (QED) is 0.638. The summed E-state index contributed by atoms with van der Waals surface area (Å²) in [5.41, 5.74) is 3.46. The van der Waals surface area contributed by atoms with Crippen molar-refractivity contribution in [2.75, 3.05) is 0 Å².